The van der Waals surface area contributed by atoms with E-state index in [1.54, 1.807) is 0 Å². The van der Waals surface area contributed by atoms with E-state index in [0.717, 1.165) is 44.9 Å². The van der Waals surface area contributed by atoms with Crippen molar-refractivity contribution in [1.29, 1.82) is 0 Å². The Morgan fingerprint density at radius 3 is 1.19 bits per heavy atom. The standard InChI is InChI=1S/C43H81O8P/c1-3-5-7-9-11-13-15-17-18-19-20-21-22-23-24-26-27-29-31-33-35-37-42(44)49-39-41(40-50-52(46,47)48)51-43(45)38-36-34-32-30-28-25-16-14-12-10-8-6-4-2/h17-18,25,28,41H,3-16,19-24,26-27,29-40H2,1-2H3,(H2,46,47,48)/b18-17+,28-25+/t41-/m1/s1. The van der Waals surface area contributed by atoms with Crippen LogP contribution in [0.5, 0.6) is 0 Å². The molecule has 306 valence electrons. The van der Waals surface area contributed by atoms with Gasteiger partial charge in [-0.25, -0.2) is 4.57 Å². The van der Waals surface area contributed by atoms with Gasteiger partial charge in [0.15, 0.2) is 6.10 Å². The van der Waals surface area contributed by atoms with Crippen LogP contribution in [-0.4, -0.2) is 41.0 Å². The molecule has 8 nitrogen and oxygen atoms in total. The molecular formula is C43H81O8P. The Hall–Kier alpha value is -1.47. The minimum atomic E-state index is -4.75. The van der Waals surface area contributed by atoms with Gasteiger partial charge in [-0.05, 0) is 64.2 Å². The van der Waals surface area contributed by atoms with Crippen molar-refractivity contribution in [2.24, 2.45) is 0 Å². The van der Waals surface area contributed by atoms with Gasteiger partial charge in [0.1, 0.15) is 6.61 Å². The van der Waals surface area contributed by atoms with E-state index in [9.17, 15) is 14.2 Å². The van der Waals surface area contributed by atoms with E-state index in [-0.39, 0.29) is 19.4 Å². The molecule has 0 spiro atoms. The van der Waals surface area contributed by atoms with Gasteiger partial charge in [0.05, 0.1) is 6.61 Å². The predicted octanol–water partition coefficient (Wildman–Crippen LogP) is 13.2. The molecule has 2 N–H and O–H groups in total. The molecule has 0 aromatic carbocycles. The molecule has 0 amide bonds. The number of rotatable bonds is 40. The maximum atomic E-state index is 12.4. The van der Waals surface area contributed by atoms with Gasteiger partial charge in [0.25, 0.3) is 0 Å². The number of phosphoric acid groups is 1. The van der Waals surface area contributed by atoms with E-state index in [0.29, 0.717) is 6.42 Å². The number of phosphoric ester groups is 1. The molecular weight excluding hydrogens is 675 g/mol. The van der Waals surface area contributed by atoms with Gasteiger partial charge in [0, 0.05) is 12.8 Å². The second-order valence-corrected chi connectivity index (χ2v) is 15.9. The Morgan fingerprint density at radius 2 is 0.808 bits per heavy atom. The summed E-state index contributed by atoms with van der Waals surface area (Å²) in [5.41, 5.74) is 0. The minimum Gasteiger partial charge on any atom is -0.462 e. The molecule has 0 saturated carbocycles. The normalized spacial score (nSPS) is 12.6. The minimum absolute atomic E-state index is 0.194. The van der Waals surface area contributed by atoms with Gasteiger partial charge < -0.3 is 19.3 Å². The van der Waals surface area contributed by atoms with Crippen LogP contribution in [0.1, 0.15) is 219 Å². The third-order valence-corrected chi connectivity index (χ3v) is 9.93. The first-order chi connectivity index (χ1) is 25.3. The molecule has 0 fully saturated rings. The SMILES string of the molecule is CCCCCCCC/C=C/CCCCCCCCCCCCCC(=O)OC[C@H](COP(=O)(O)O)OC(=O)CCCCC/C=C/CCCCCCCC. The third-order valence-electron chi connectivity index (χ3n) is 9.44. The van der Waals surface area contributed by atoms with Crippen LogP contribution in [0, 0.1) is 0 Å². The van der Waals surface area contributed by atoms with E-state index in [1.165, 1.54) is 141 Å². The van der Waals surface area contributed by atoms with Crippen LogP contribution in [-0.2, 0) is 28.2 Å². The highest BCUT2D eigenvalue weighted by Gasteiger charge is 2.22. The van der Waals surface area contributed by atoms with Crippen LogP contribution in [0.3, 0.4) is 0 Å². The van der Waals surface area contributed by atoms with E-state index < -0.39 is 32.5 Å². The molecule has 0 aromatic rings. The van der Waals surface area contributed by atoms with Gasteiger partial charge in [-0.2, -0.15) is 0 Å². The number of esters is 2. The summed E-state index contributed by atoms with van der Waals surface area (Å²) in [6, 6.07) is 0. The lowest BCUT2D eigenvalue weighted by Crippen LogP contribution is -2.29. The zero-order chi connectivity index (χ0) is 38.2. The second kappa shape index (κ2) is 39.2. The summed E-state index contributed by atoms with van der Waals surface area (Å²) in [6.07, 6.45) is 44.8. The van der Waals surface area contributed by atoms with Crippen molar-refractivity contribution >= 4 is 19.8 Å². The molecule has 0 heterocycles. The Labute approximate surface area is 319 Å². The van der Waals surface area contributed by atoms with Gasteiger partial charge in [-0.1, -0.05) is 167 Å². The van der Waals surface area contributed by atoms with Crippen LogP contribution in [0.2, 0.25) is 0 Å². The van der Waals surface area contributed by atoms with Crippen LogP contribution in [0.15, 0.2) is 24.3 Å². The Morgan fingerprint density at radius 1 is 0.481 bits per heavy atom. The molecule has 0 saturated heterocycles. The lowest BCUT2D eigenvalue weighted by molar-refractivity contribution is -0.161. The quantitative estimate of drug-likeness (QED) is 0.0274. The number of hydrogen-bond acceptors (Lipinski definition) is 6. The summed E-state index contributed by atoms with van der Waals surface area (Å²) in [4.78, 5) is 42.8. The number of hydrogen-bond donors (Lipinski definition) is 2. The molecule has 0 radical (unpaired) electrons. The van der Waals surface area contributed by atoms with Crippen molar-refractivity contribution in [3.8, 4) is 0 Å². The predicted molar refractivity (Wildman–Crippen MR) is 216 cm³/mol. The molecule has 0 aliphatic rings. The zero-order valence-electron chi connectivity index (χ0n) is 33.7. The maximum absolute atomic E-state index is 12.4. The second-order valence-electron chi connectivity index (χ2n) is 14.7. The monoisotopic (exact) mass is 757 g/mol. The smallest absolute Gasteiger partial charge is 0.462 e. The van der Waals surface area contributed by atoms with Crippen molar-refractivity contribution in [3.63, 3.8) is 0 Å². The lowest BCUT2D eigenvalue weighted by atomic mass is 10.0. The number of carbonyl (C=O) groups excluding carboxylic acids is 2. The van der Waals surface area contributed by atoms with Gasteiger partial charge >= 0.3 is 19.8 Å². The van der Waals surface area contributed by atoms with Crippen LogP contribution >= 0.6 is 7.82 Å². The summed E-state index contributed by atoms with van der Waals surface area (Å²) in [5, 5.41) is 0. The zero-order valence-corrected chi connectivity index (χ0v) is 34.6. The van der Waals surface area contributed by atoms with Gasteiger partial charge in [-0.3, -0.25) is 14.1 Å². The summed E-state index contributed by atoms with van der Waals surface area (Å²) in [7, 11) is -4.75. The summed E-state index contributed by atoms with van der Waals surface area (Å²) < 4.78 is 26.4. The maximum Gasteiger partial charge on any atom is 0.469 e. The first-order valence-electron chi connectivity index (χ1n) is 21.6. The molecule has 0 unspecified atom stereocenters. The first-order valence-corrected chi connectivity index (χ1v) is 23.2. The van der Waals surface area contributed by atoms with Crippen molar-refractivity contribution in [2.45, 2.75) is 225 Å². The average molecular weight is 757 g/mol. The Bertz CT molecular complexity index is 900. The summed E-state index contributed by atoms with van der Waals surface area (Å²) >= 11 is 0. The molecule has 0 aliphatic heterocycles. The van der Waals surface area contributed by atoms with E-state index in [2.05, 4.69) is 42.7 Å². The highest BCUT2D eigenvalue weighted by Crippen LogP contribution is 2.36. The van der Waals surface area contributed by atoms with E-state index in [1.807, 2.05) is 0 Å². The summed E-state index contributed by atoms with van der Waals surface area (Å²) in [5.74, 6) is -0.897. The fourth-order valence-corrected chi connectivity index (χ4v) is 6.55. The van der Waals surface area contributed by atoms with E-state index >= 15 is 0 Å². The lowest BCUT2D eigenvalue weighted by Gasteiger charge is -2.18. The Balaban J connectivity index is 3.86. The fraction of sp³-hybridized carbons (Fsp3) is 0.860. The van der Waals surface area contributed by atoms with Crippen molar-refractivity contribution in [1.82, 2.24) is 0 Å². The molecule has 0 aliphatic carbocycles. The van der Waals surface area contributed by atoms with Crippen molar-refractivity contribution in [3.05, 3.63) is 24.3 Å². The van der Waals surface area contributed by atoms with Crippen molar-refractivity contribution < 1.29 is 37.9 Å². The van der Waals surface area contributed by atoms with Crippen LogP contribution < -0.4 is 0 Å². The van der Waals surface area contributed by atoms with Crippen LogP contribution in [0.25, 0.3) is 0 Å². The molecule has 9 heteroatoms. The first kappa shape index (κ1) is 50.5. The number of allylic oxidation sites excluding steroid dienone is 4. The number of ether oxygens (including phenoxy) is 2. The number of carbonyl (C=O) groups is 2. The summed E-state index contributed by atoms with van der Waals surface area (Å²) in [6.45, 7) is 3.67. The topological polar surface area (TPSA) is 119 Å². The van der Waals surface area contributed by atoms with Crippen molar-refractivity contribution in [2.75, 3.05) is 13.2 Å². The molecule has 0 bridgehead atoms. The van der Waals surface area contributed by atoms with Gasteiger partial charge in [-0.15, -0.1) is 0 Å². The number of unbranched alkanes of at least 4 members (excludes halogenated alkanes) is 26. The Kier molecular flexibility index (Phi) is 38.1. The largest absolute Gasteiger partial charge is 0.469 e. The van der Waals surface area contributed by atoms with E-state index in [4.69, 9.17) is 19.3 Å². The molecule has 0 aromatic heterocycles. The average Bonchev–Trinajstić information content (AvgIpc) is 3.11. The molecule has 0 rings (SSSR count). The highest BCUT2D eigenvalue weighted by atomic mass is 31.2. The van der Waals surface area contributed by atoms with Crippen LogP contribution in [0.4, 0.5) is 0 Å². The highest BCUT2D eigenvalue weighted by molar-refractivity contribution is 7.46. The molecule has 52 heavy (non-hydrogen) atoms. The van der Waals surface area contributed by atoms with Gasteiger partial charge in [0.2, 0.25) is 0 Å². The fourth-order valence-electron chi connectivity index (χ4n) is 6.19. The molecule has 1 atom stereocenters. The third kappa shape index (κ3) is 41.3.